The second kappa shape index (κ2) is 7.86. The number of morpholine rings is 1. The highest BCUT2D eigenvalue weighted by atomic mass is 16.5. The minimum absolute atomic E-state index is 0.103. The summed E-state index contributed by atoms with van der Waals surface area (Å²) in [6, 6.07) is 8.48. The number of amides is 3. The van der Waals surface area contributed by atoms with Crippen molar-refractivity contribution in [1.29, 1.82) is 0 Å². The molecule has 2 saturated heterocycles. The second-order valence-electron chi connectivity index (χ2n) is 7.59. The largest absolute Gasteiger partial charge is 0.378 e. The van der Waals surface area contributed by atoms with Gasteiger partial charge in [0.25, 0.3) is 0 Å². The van der Waals surface area contributed by atoms with Gasteiger partial charge in [-0.05, 0) is 25.0 Å². The molecule has 146 valence electrons. The first kappa shape index (κ1) is 18.3. The fourth-order valence-corrected chi connectivity index (χ4v) is 4.26. The number of hydrogen-bond donors (Lipinski definition) is 0. The summed E-state index contributed by atoms with van der Waals surface area (Å²) in [6.45, 7) is 7.94. The summed E-state index contributed by atoms with van der Waals surface area (Å²) in [4.78, 5) is 33.4. The van der Waals surface area contributed by atoms with Gasteiger partial charge in [-0.2, -0.15) is 0 Å². The van der Waals surface area contributed by atoms with Crippen molar-refractivity contribution in [1.82, 2.24) is 14.7 Å². The second-order valence-corrected chi connectivity index (χ2v) is 7.59. The minimum Gasteiger partial charge on any atom is -0.378 e. The molecule has 3 aliphatic rings. The van der Waals surface area contributed by atoms with Gasteiger partial charge in [0, 0.05) is 51.0 Å². The molecule has 3 amide bonds. The maximum absolute atomic E-state index is 12.9. The smallest absolute Gasteiger partial charge is 0.320 e. The van der Waals surface area contributed by atoms with Crippen LogP contribution in [0.4, 0.5) is 10.5 Å². The highest BCUT2D eigenvalue weighted by Gasteiger charge is 2.32. The molecule has 3 aliphatic heterocycles. The molecule has 0 aliphatic carbocycles. The summed E-state index contributed by atoms with van der Waals surface area (Å²) in [5, 5.41) is 0. The molecule has 1 unspecified atom stereocenters. The number of benzene rings is 1. The van der Waals surface area contributed by atoms with Crippen LogP contribution < -0.4 is 4.90 Å². The lowest BCUT2D eigenvalue weighted by Gasteiger charge is -2.38. The van der Waals surface area contributed by atoms with Gasteiger partial charge in [0.05, 0.1) is 19.8 Å². The Labute approximate surface area is 160 Å². The number of fused-ring (bicyclic) bond motifs is 1. The van der Waals surface area contributed by atoms with E-state index in [1.54, 1.807) is 0 Å². The Balaban J connectivity index is 1.30. The molecule has 2 fully saturated rings. The molecular formula is C20H28N4O3. The van der Waals surface area contributed by atoms with Gasteiger partial charge in [-0.15, -0.1) is 0 Å². The molecular weight excluding hydrogens is 344 g/mol. The van der Waals surface area contributed by atoms with E-state index in [1.165, 1.54) is 5.56 Å². The van der Waals surface area contributed by atoms with E-state index in [-0.39, 0.29) is 18.0 Å². The molecule has 0 N–H and O–H groups in total. The average Bonchev–Trinajstić information content (AvgIpc) is 3.04. The predicted octanol–water partition coefficient (Wildman–Crippen LogP) is 1.03. The summed E-state index contributed by atoms with van der Waals surface area (Å²) in [5.41, 5.74) is 2.30. The Kier molecular flexibility index (Phi) is 5.31. The summed E-state index contributed by atoms with van der Waals surface area (Å²) in [6.07, 6.45) is 0.920. The van der Waals surface area contributed by atoms with Crippen LogP contribution in [-0.4, -0.2) is 91.7 Å². The van der Waals surface area contributed by atoms with E-state index in [9.17, 15) is 9.59 Å². The maximum atomic E-state index is 12.9. The van der Waals surface area contributed by atoms with Crippen LogP contribution in [0, 0.1) is 0 Å². The fourth-order valence-electron chi connectivity index (χ4n) is 4.26. The third kappa shape index (κ3) is 3.80. The van der Waals surface area contributed by atoms with Gasteiger partial charge < -0.3 is 19.4 Å². The zero-order valence-electron chi connectivity index (χ0n) is 16.0. The van der Waals surface area contributed by atoms with Crippen LogP contribution in [0.2, 0.25) is 0 Å². The molecule has 4 rings (SSSR count). The number of piperazine rings is 1. The molecule has 0 radical (unpaired) electrons. The molecule has 3 heterocycles. The fraction of sp³-hybridized carbons (Fsp3) is 0.600. The zero-order chi connectivity index (χ0) is 18.8. The lowest BCUT2D eigenvalue weighted by atomic mass is 10.1. The summed E-state index contributed by atoms with van der Waals surface area (Å²) >= 11 is 0. The number of urea groups is 1. The summed E-state index contributed by atoms with van der Waals surface area (Å²) < 4.78 is 5.32. The van der Waals surface area contributed by atoms with Crippen molar-refractivity contribution in [2.24, 2.45) is 0 Å². The van der Waals surface area contributed by atoms with Crippen molar-refractivity contribution in [3.8, 4) is 0 Å². The van der Waals surface area contributed by atoms with Crippen molar-refractivity contribution in [2.75, 3.05) is 63.9 Å². The van der Waals surface area contributed by atoms with Gasteiger partial charge in [0.2, 0.25) is 5.91 Å². The molecule has 0 spiro atoms. The highest BCUT2D eigenvalue weighted by molar-refractivity contribution is 5.97. The van der Waals surface area contributed by atoms with Crippen LogP contribution in [0.1, 0.15) is 12.5 Å². The standard InChI is InChI=1S/C20H28N4O3/c1-16-14-17-4-2-3-5-18(17)24(16)19(25)15-21-6-8-22(9-7-21)20(26)23-10-12-27-13-11-23/h2-5,16H,6-15H2,1H3. The van der Waals surface area contributed by atoms with Gasteiger partial charge >= 0.3 is 6.03 Å². The molecule has 0 saturated carbocycles. The number of rotatable bonds is 2. The maximum Gasteiger partial charge on any atom is 0.320 e. The van der Waals surface area contributed by atoms with Gasteiger partial charge in [0.1, 0.15) is 0 Å². The van der Waals surface area contributed by atoms with E-state index in [0.29, 0.717) is 45.9 Å². The molecule has 27 heavy (non-hydrogen) atoms. The first-order chi connectivity index (χ1) is 13.1. The van der Waals surface area contributed by atoms with E-state index in [2.05, 4.69) is 17.9 Å². The lowest BCUT2D eigenvalue weighted by Crippen LogP contribution is -2.56. The zero-order valence-corrected chi connectivity index (χ0v) is 16.0. The molecule has 0 bridgehead atoms. The van der Waals surface area contributed by atoms with Crippen molar-refractivity contribution < 1.29 is 14.3 Å². The Morgan fingerprint density at radius 2 is 1.67 bits per heavy atom. The minimum atomic E-state index is 0.103. The number of carbonyl (C=O) groups excluding carboxylic acids is 2. The Hall–Kier alpha value is -2.12. The Bertz CT molecular complexity index is 696. The van der Waals surface area contributed by atoms with Crippen molar-refractivity contribution in [3.05, 3.63) is 29.8 Å². The highest BCUT2D eigenvalue weighted by Crippen LogP contribution is 2.31. The van der Waals surface area contributed by atoms with Crippen molar-refractivity contribution in [3.63, 3.8) is 0 Å². The molecule has 0 aromatic heterocycles. The molecule has 1 aromatic rings. The Morgan fingerprint density at radius 3 is 2.41 bits per heavy atom. The van der Waals surface area contributed by atoms with Gasteiger partial charge in [-0.1, -0.05) is 18.2 Å². The number of para-hydroxylation sites is 1. The van der Waals surface area contributed by atoms with Crippen molar-refractivity contribution in [2.45, 2.75) is 19.4 Å². The van der Waals surface area contributed by atoms with E-state index in [0.717, 1.165) is 25.2 Å². The van der Waals surface area contributed by atoms with Gasteiger partial charge in [-0.3, -0.25) is 9.69 Å². The van der Waals surface area contributed by atoms with E-state index in [4.69, 9.17) is 4.74 Å². The number of ether oxygens (including phenoxy) is 1. The van der Waals surface area contributed by atoms with Crippen molar-refractivity contribution >= 4 is 17.6 Å². The number of carbonyl (C=O) groups is 2. The average molecular weight is 372 g/mol. The molecule has 1 atom stereocenters. The normalized spacial score (nSPS) is 23.4. The van der Waals surface area contributed by atoms with Crippen LogP contribution in [0.3, 0.4) is 0 Å². The third-order valence-corrected chi connectivity index (χ3v) is 5.76. The summed E-state index contributed by atoms with van der Waals surface area (Å²) in [7, 11) is 0. The van der Waals surface area contributed by atoms with Crippen LogP contribution in [-0.2, 0) is 16.0 Å². The quantitative estimate of drug-likeness (QED) is 0.778. The SMILES string of the molecule is CC1Cc2ccccc2N1C(=O)CN1CCN(C(=O)N2CCOCC2)CC1. The first-order valence-electron chi connectivity index (χ1n) is 9.87. The Morgan fingerprint density at radius 1 is 1.00 bits per heavy atom. The number of hydrogen-bond acceptors (Lipinski definition) is 4. The summed E-state index contributed by atoms with van der Waals surface area (Å²) in [5.74, 6) is 0.153. The third-order valence-electron chi connectivity index (χ3n) is 5.76. The van der Waals surface area contributed by atoms with Crippen LogP contribution in [0.25, 0.3) is 0 Å². The molecule has 7 heteroatoms. The van der Waals surface area contributed by atoms with Crippen LogP contribution in [0.15, 0.2) is 24.3 Å². The topological polar surface area (TPSA) is 56.3 Å². The lowest BCUT2D eigenvalue weighted by molar-refractivity contribution is -0.120. The van der Waals surface area contributed by atoms with Crippen LogP contribution in [0.5, 0.6) is 0 Å². The number of nitrogens with zero attached hydrogens (tertiary/aromatic N) is 4. The van der Waals surface area contributed by atoms with Gasteiger partial charge in [-0.25, -0.2) is 4.79 Å². The van der Waals surface area contributed by atoms with Crippen LogP contribution >= 0.6 is 0 Å². The predicted molar refractivity (Wildman–Crippen MR) is 103 cm³/mol. The molecule has 7 nitrogen and oxygen atoms in total. The van der Waals surface area contributed by atoms with E-state index in [1.807, 2.05) is 32.9 Å². The van der Waals surface area contributed by atoms with Gasteiger partial charge in [0.15, 0.2) is 0 Å². The molecule has 1 aromatic carbocycles. The van der Waals surface area contributed by atoms with E-state index >= 15 is 0 Å². The first-order valence-corrected chi connectivity index (χ1v) is 9.87. The van der Waals surface area contributed by atoms with E-state index < -0.39 is 0 Å². The monoisotopic (exact) mass is 372 g/mol. The number of anilines is 1.